The number of hydrogen-bond acceptors (Lipinski definition) is 2. The number of aromatic hydroxyl groups is 1. The lowest BCUT2D eigenvalue weighted by Gasteiger charge is -2.15. The van der Waals surface area contributed by atoms with E-state index >= 15 is 0 Å². The molecule has 2 rings (SSSR count). The number of terminal acetylenes is 1. The van der Waals surface area contributed by atoms with E-state index in [1.807, 2.05) is 12.1 Å². The molecule has 1 aromatic rings. The summed E-state index contributed by atoms with van der Waals surface area (Å²) in [6.45, 7) is 5.26. The maximum Gasteiger partial charge on any atom is 0.120 e. The van der Waals surface area contributed by atoms with Crippen molar-refractivity contribution in [2.75, 3.05) is 6.54 Å². The molecule has 2 heteroatoms. The van der Waals surface area contributed by atoms with Crippen molar-refractivity contribution in [2.45, 2.75) is 45.1 Å². The number of fused-ring (bicyclic) bond motifs is 1. The molecule has 0 bridgehead atoms. The molecule has 0 aliphatic heterocycles. The Hall–Kier alpha value is -1.46. The zero-order chi connectivity index (χ0) is 13.1. The fraction of sp³-hybridized carbons (Fsp3) is 0.500. The van der Waals surface area contributed by atoms with Crippen molar-refractivity contribution in [1.29, 1.82) is 0 Å². The van der Waals surface area contributed by atoms with Crippen LogP contribution < -0.4 is 5.32 Å². The van der Waals surface area contributed by atoms with E-state index in [9.17, 15) is 5.11 Å². The summed E-state index contributed by atoms with van der Waals surface area (Å²) in [5.74, 6) is 3.59. The molecule has 2 unspecified atom stereocenters. The lowest BCUT2D eigenvalue weighted by Crippen LogP contribution is -2.20. The van der Waals surface area contributed by atoms with Crippen LogP contribution >= 0.6 is 0 Å². The molecule has 1 aromatic carbocycles. The monoisotopic (exact) mass is 243 g/mol. The number of rotatable bonds is 4. The SMILES string of the molecule is C#CCCCNC1CC(C)c2c(C)ccc(O)c21. The molecule has 2 nitrogen and oxygen atoms in total. The first kappa shape index (κ1) is 13.0. The number of benzene rings is 1. The highest BCUT2D eigenvalue weighted by Crippen LogP contribution is 2.45. The molecule has 0 amide bonds. The van der Waals surface area contributed by atoms with E-state index in [0.717, 1.165) is 31.4 Å². The average Bonchev–Trinajstić information content (AvgIpc) is 2.68. The molecular formula is C16H21NO. The minimum absolute atomic E-state index is 0.271. The second kappa shape index (κ2) is 5.46. The Kier molecular flexibility index (Phi) is 3.93. The summed E-state index contributed by atoms with van der Waals surface area (Å²) >= 11 is 0. The highest BCUT2D eigenvalue weighted by Gasteiger charge is 2.31. The number of aryl methyl sites for hydroxylation is 1. The largest absolute Gasteiger partial charge is 0.508 e. The van der Waals surface area contributed by atoms with Gasteiger partial charge in [-0.15, -0.1) is 12.3 Å². The summed E-state index contributed by atoms with van der Waals surface area (Å²) in [5, 5.41) is 13.6. The predicted molar refractivity (Wildman–Crippen MR) is 74.7 cm³/mol. The molecule has 0 radical (unpaired) electrons. The van der Waals surface area contributed by atoms with Crippen molar-refractivity contribution in [3.05, 3.63) is 28.8 Å². The quantitative estimate of drug-likeness (QED) is 0.628. The number of phenolic OH excluding ortho intramolecular Hbond substituents is 1. The van der Waals surface area contributed by atoms with Gasteiger partial charge in [0.1, 0.15) is 5.75 Å². The first-order valence-electron chi connectivity index (χ1n) is 6.64. The Labute approximate surface area is 109 Å². The molecular weight excluding hydrogens is 222 g/mol. The Morgan fingerprint density at radius 1 is 1.44 bits per heavy atom. The predicted octanol–water partition coefficient (Wildman–Crippen LogP) is 3.25. The van der Waals surface area contributed by atoms with E-state index in [-0.39, 0.29) is 6.04 Å². The number of hydrogen-bond donors (Lipinski definition) is 2. The van der Waals surface area contributed by atoms with E-state index in [1.54, 1.807) is 0 Å². The normalized spacial score (nSPS) is 21.6. The van der Waals surface area contributed by atoms with Crippen LogP contribution in [0.2, 0.25) is 0 Å². The van der Waals surface area contributed by atoms with Crippen LogP contribution in [0.4, 0.5) is 0 Å². The maximum absolute atomic E-state index is 10.1. The van der Waals surface area contributed by atoms with Crippen LogP contribution in [0.5, 0.6) is 5.75 Å². The van der Waals surface area contributed by atoms with Crippen LogP contribution in [-0.4, -0.2) is 11.7 Å². The summed E-state index contributed by atoms with van der Waals surface area (Å²) in [7, 11) is 0. The summed E-state index contributed by atoms with van der Waals surface area (Å²) in [6.07, 6.45) is 8.10. The number of phenols is 1. The molecule has 0 aromatic heterocycles. The van der Waals surface area contributed by atoms with Gasteiger partial charge in [-0.3, -0.25) is 0 Å². The smallest absolute Gasteiger partial charge is 0.120 e. The number of nitrogens with one attached hydrogen (secondary N) is 1. The van der Waals surface area contributed by atoms with Gasteiger partial charge < -0.3 is 10.4 Å². The second-order valence-corrected chi connectivity index (χ2v) is 5.18. The molecule has 96 valence electrons. The van der Waals surface area contributed by atoms with E-state index in [2.05, 4.69) is 25.1 Å². The molecule has 2 N–H and O–H groups in total. The molecule has 0 spiro atoms. The van der Waals surface area contributed by atoms with Gasteiger partial charge in [-0.05, 0) is 49.4 Å². The van der Waals surface area contributed by atoms with E-state index in [4.69, 9.17) is 6.42 Å². The highest BCUT2D eigenvalue weighted by atomic mass is 16.3. The topological polar surface area (TPSA) is 32.3 Å². The standard InChI is InChI=1S/C16H21NO/c1-4-5-6-9-17-13-10-12(3)15-11(2)7-8-14(18)16(13)15/h1,7-8,12-13,17-18H,5-6,9-10H2,2-3H3. The van der Waals surface area contributed by atoms with Gasteiger partial charge in [-0.2, -0.15) is 0 Å². The minimum Gasteiger partial charge on any atom is -0.508 e. The minimum atomic E-state index is 0.271. The molecule has 18 heavy (non-hydrogen) atoms. The molecule has 0 heterocycles. The van der Waals surface area contributed by atoms with Gasteiger partial charge >= 0.3 is 0 Å². The number of unbranched alkanes of at least 4 members (excludes halogenated alkanes) is 1. The van der Waals surface area contributed by atoms with Crippen LogP contribution in [0.15, 0.2) is 12.1 Å². The van der Waals surface area contributed by atoms with Crippen LogP contribution in [0.25, 0.3) is 0 Å². The van der Waals surface area contributed by atoms with Crippen molar-refractivity contribution in [1.82, 2.24) is 5.32 Å². The Morgan fingerprint density at radius 3 is 2.94 bits per heavy atom. The van der Waals surface area contributed by atoms with Gasteiger partial charge in [0.2, 0.25) is 0 Å². The first-order chi connectivity index (χ1) is 8.65. The maximum atomic E-state index is 10.1. The van der Waals surface area contributed by atoms with E-state index in [0.29, 0.717) is 11.7 Å². The van der Waals surface area contributed by atoms with Crippen molar-refractivity contribution in [2.24, 2.45) is 0 Å². The van der Waals surface area contributed by atoms with Gasteiger partial charge in [-0.25, -0.2) is 0 Å². The van der Waals surface area contributed by atoms with Crippen LogP contribution in [0.3, 0.4) is 0 Å². The van der Waals surface area contributed by atoms with Crippen molar-refractivity contribution >= 4 is 0 Å². The van der Waals surface area contributed by atoms with Gasteiger partial charge in [0, 0.05) is 18.0 Å². The van der Waals surface area contributed by atoms with Crippen molar-refractivity contribution < 1.29 is 5.11 Å². The fourth-order valence-corrected chi connectivity index (χ4v) is 3.00. The van der Waals surface area contributed by atoms with Crippen LogP contribution in [0, 0.1) is 19.3 Å². The summed E-state index contributed by atoms with van der Waals surface area (Å²) in [4.78, 5) is 0. The zero-order valence-corrected chi connectivity index (χ0v) is 11.2. The van der Waals surface area contributed by atoms with E-state index < -0.39 is 0 Å². The summed E-state index contributed by atoms with van der Waals surface area (Å²) in [5.41, 5.74) is 3.70. The molecule has 0 saturated carbocycles. The molecule has 0 fully saturated rings. The molecule has 1 aliphatic carbocycles. The lowest BCUT2D eigenvalue weighted by molar-refractivity contribution is 0.444. The molecule has 1 aliphatic rings. The second-order valence-electron chi connectivity index (χ2n) is 5.18. The molecule has 2 atom stereocenters. The zero-order valence-electron chi connectivity index (χ0n) is 11.2. The third kappa shape index (κ3) is 2.37. The Balaban J connectivity index is 2.15. The van der Waals surface area contributed by atoms with Crippen molar-refractivity contribution in [3.8, 4) is 18.1 Å². The van der Waals surface area contributed by atoms with Crippen molar-refractivity contribution in [3.63, 3.8) is 0 Å². The summed E-state index contributed by atoms with van der Waals surface area (Å²) in [6, 6.07) is 4.08. The van der Waals surface area contributed by atoms with Crippen LogP contribution in [-0.2, 0) is 0 Å². The highest BCUT2D eigenvalue weighted by molar-refractivity contribution is 5.50. The third-order valence-electron chi connectivity index (χ3n) is 3.80. The van der Waals surface area contributed by atoms with E-state index in [1.165, 1.54) is 11.1 Å². The third-order valence-corrected chi connectivity index (χ3v) is 3.80. The van der Waals surface area contributed by atoms with Gasteiger partial charge in [0.05, 0.1) is 0 Å². The molecule has 0 saturated heterocycles. The lowest BCUT2D eigenvalue weighted by atomic mass is 9.97. The Bertz CT molecular complexity index is 473. The van der Waals surface area contributed by atoms with Gasteiger partial charge in [0.15, 0.2) is 0 Å². The van der Waals surface area contributed by atoms with Gasteiger partial charge in [0.25, 0.3) is 0 Å². The average molecular weight is 243 g/mol. The Morgan fingerprint density at radius 2 is 2.22 bits per heavy atom. The first-order valence-corrected chi connectivity index (χ1v) is 6.64. The van der Waals surface area contributed by atoms with Gasteiger partial charge in [-0.1, -0.05) is 13.0 Å². The summed E-state index contributed by atoms with van der Waals surface area (Å²) < 4.78 is 0. The fourth-order valence-electron chi connectivity index (χ4n) is 3.00. The van der Waals surface area contributed by atoms with Crippen LogP contribution in [0.1, 0.15) is 54.8 Å².